The van der Waals surface area contributed by atoms with Gasteiger partial charge in [-0.25, -0.2) is 0 Å². The lowest BCUT2D eigenvalue weighted by molar-refractivity contribution is -0.125. The largest absolute Gasteiger partial charge is 0.354 e. The fourth-order valence-electron chi connectivity index (χ4n) is 3.17. The van der Waals surface area contributed by atoms with Crippen LogP contribution in [-0.2, 0) is 17.8 Å². The first-order valence-electron chi connectivity index (χ1n) is 8.53. The number of rotatable bonds is 6. The van der Waals surface area contributed by atoms with E-state index in [9.17, 15) is 4.79 Å². The third kappa shape index (κ3) is 4.10. The van der Waals surface area contributed by atoms with E-state index in [1.54, 1.807) is 0 Å². The van der Waals surface area contributed by atoms with Crippen LogP contribution in [0.3, 0.4) is 0 Å². The first kappa shape index (κ1) is 17.0. The van der Waals surface area contributed by atoms with E-state index in [1.165, 1.54) is 11.1 Å². The Labute approximate surface area is 135 Å². The molecule has 3 nitrogen and oxygen atoms in total. The molecule has 0 fully saturated rings. The summed E-state index contributed by atoms with van der Waals surface area (Å²) in [6.45, 7) is 11.3. The fourth-order valence-corrected chi connectivity index (χ4v) is 3.17. The van der Waals surface area contributed by atoms with Gasteiger partial charge in [-0.2, -0.15) is 0 Å². The standard InChI is InChI=1S/C19H30N2O/c1-5-8-15(2)18(22)20-14-19(3,4)21-12-11-16-9-6-7-10-17(16)13-21/h6-7,9-10,15H,5,8,11-14H2,1-4H3,(H,20,22). The molecule has 3 heteroatoms. The van der Waals surface area contributed by atoms with Crippen LogP contribution >= 0.6 is 0 Å². The van der Waals surface area contributed by atoms with Crippen molar-refractivity contribution in [1.29, 1.82) is 0 Å². The van der Waals surface area contributed by atoms with Gasteiger partial charge in [0.1, 0.15) is 0 Å². The number of carbonyl (C=O) groups is 1. The number of nitrogens with one attached hydrogen (secondary N) is 1. The van der Waals surface area contributed by atoms with E-state index in [1.807, 2.05) is 6.92 Å². The van der Waals surface area contributed by atoms with E-state index >= 15 is 0 Å². The molecule has 2 rings (SSSR count). The molecule has 0 aliphatic carbocycles. The normalized spacial score (nSPS) is 16.9. The Hall–Kier alpha value is -1.35. The highest BCUT2D eigenvalue weighted by Crippen LogP contribution is 2.25. The van der Waals surface area contributed by atoms with Gasteiger partial charge in [0.2, 0.25) is 5.91 Å². The maximum absolute atomic E-state index is 12.1. The van der Waals surface area contributed by atoms with Gasteiger partial charge in [-0.3, -0.25) is 9.69 Å². The zero-order chi connectivity index (χ0) is 16.2. The minimum absolute atomic E-state index is 0.0187. The molecule has 122 valence electrons. The first-order chi connectivity index (χ1) is 10.4. The smallest absolute Gasteiger partial charge is 0.222 e. The molecule has 1 aromatic carbocycles. The molecule has 1 amide bonds. The van der Waals surface area contributed by atoms with Gasteiger partial charge in [0.15, 0.2) is 0 Å². The molecule has 1 aromatic rings. The molecule has 0 aromatic heterocycles. The quantitative estimate of drug-likeness (QED) is 0.874. The summed E-state index contributed by atoms with van der Waals surface area (Å²) in [4.78, 5) is 14.6. The Bertz CT molecular complexity index is 510. The molecular weight excluding hydrogens is 272 g/mol. The SMILES string of the molecule is CCCC(C)C(=O)NCC(C)(C)N1CCc2ccccc2C1. The van der Waals surface area contributed by atoms with Crippen molar-refractivity contribution in [2.45, 2.75) is 59.0 Å². The Morgan fingerprint density at radius 2 is 2.00 bits per heavy atom. The van der Waals surface area contributed by atoms with E-state index in [2.05, 4.69) is 55.3 Å². The number of hydrogen-bond donors (Lipinski definition) is 1. The lowest BCUT2D eigenvalue weighted by Gasteiger charge is -2.41. The third-order valence-electron chi connectivity index (χ3n) is 4.85. The zero-order valence-corrected chi connectivity index (χ0v) is 14.5. The van der Waals surface area contributed by atoms with Crippen LogP contribution in [-0.4, -0.2) is 29.4 Å². The van der Waals surface area contributed by atoms with Crippen LogP contribution in [0.2, 0.25) is 0 Å². The van der Waals surface area contributed by atoms with Crippen LogP contribution < -0.4 is 5.32 Å². The summed E-state index contributed by atoms with van der Waals surface area (Å²) in [7, 11) is 0. The minimum Gasteiger partial charge on any atom is -0.354 e. The molecule has 0 bridgehead atoms. The summed E-state index contributed by atoms with van der Waals surface area (Å²) in [5.74, 6) is 0.301. The van der Waals surface area contributed by atoms with Gasteiger partial charge in [-0.05, 0) is 37.8 Å². The highest BCUT2D eigenvalue weighted by Gasteiger charge is 2.30. The van der Waals surface area contributed by atoms with Gasteiger partial charge in [-0.1, -0.05) is 44.5 Å². The van der Waals surface area contributed by atoms with Crippen LogP contribution in [0, 0.1) is 5.92 Å². The predicted molar refractivity (Wildman–Crippen MR) is 91.7 cm³/mol. The molecule has 1 heterocycles. The van der Waals surface area contributed by atoms with Crippen molar-refractivity contribution in [2.24, 2.45) is 5.92 Å². The topological polar surface area (TPSA) is 32.3 Å². The molecule has 0 spiro atoms. The Balaban J connectivity index is 1.92. The second kappa shape index (κ2) is 7.28. The van der Waals surface area contributed by atoms with Crippen molar-refractivity contribution in [3.63, 3.8) is 0 Å². The van der Waals surface area contributed by atoms with Crippen molar-refractivity contribution in [3.05, 3.63) is 35.4 Å². The van der Waals surface area contributed by atoms with Gasteiger partial charge in [0, 0.05) is 31.1 Å². The van der Waals surface area contributed by atoms with E-state index in [4.69, 9.17) is 0 Å². The van der Waals surface area contributed by atoms with Crippen molar-refractivity contribution >= 4 is 5.91 Å². The molecule has 1 aliphatic heterocycles. The van der Waals surface area contributed by atoms with Gasteiger partial charge >= 0.3 is 0 Å². The number of hydrogen-bond acceptors (Lipinski definition) is 2. The molecule has 1 unspecified atom stereocenters. The first-order valence-corrected chi connectivity index (χ1v) is 8.53. The van der Waals surface area contributed by atoms with Crippen molar-refractivity contribution in [3.8, 4) is 0 Å². The maximum Gasteiger partial charge on any atom is 0.222 e. The monoisotopic (exact) mass is 302 g/mol. The van der Waals surface area contributed by atoms with E-state index in [0.29, 0.717) is 6.54 Å². The summed E-state index contributed by atoms with van der Waals surface area (Å²) in [6, 6.07) is 8.69. The molecule has 1 N–H and O–H groups in total. The van der Waals surface area contributed by atoms with Crippen molar-refractivity contribution in [1.82, 2.24) is 10.2 Å². The van der Waals surface area contributed by atoms with Gasteiger partial charge in [-0.15, -0.1) is 0 Å². The number of benzene rings is 1. The van der Waals surface area contributed by atoms with Gasteiger partial charge < -0.3 is 5.32 Å². The molecule has 0 radical (unpaired) electrons. The predicted octanol–water partition coefficient (Wildman–Crippen LogP) is 3.38. The molecule has 1 atom stereocenters. The van der Waals surface area contributed by atoms with Gasteiger partial charge in [0.05, 0.1) is 0 Å². The summed E-state index contributed by atoms with van der Waals surface area (Å²) in [5, 5.41) is 3.15. The highest BCUT2D eigenvalue weighted by atomic mass is 16.1. The zero-order valence-electron chi connectivity index (χ0n) is 14.5. The fraction of sp³-hybridized carbons (Fsp3) is 0.632. The van der Waals surface area contributed by atoms with Gasteiger partial charge in [0.25, 0.3) is 0 Å². The molecule has 0 saturated carbocycles. The number of carbonyl (C=O) groups excluding carboxylic acids is 1. The van der Waals surface area contributed by atoms with Crippen LogP contribution in [0.1, 0.15) is 51.7 Å². The molecule has 1 aliphatic rings. The lowest BCUT2D eigenvalue weighted by atomic mass is 9.94. The molecule has 0 saturated heterocycles. The summed E-state index contributed by atoms with van der Waals surface area (Å²) in [5.41, 5.74) is 2.87. The van der Waals surface area contributed by atoms with Crippen LogP contribution in [0.5, 0.6) is 0 Å². The Morgan fingerprint density at radius 3 is 2.68 bits per heavy atom. The number of amides is 1. The highest BCUT2D eigenvalue weighted by molar-refractivity contribution is 5.78. The lowest BCUT2D eigenvalue weighted by Crippen LogP contribution is -2.53. The molecule has 22 heavy (non-hydrogen) atoms. The van der Waals surface area contributed by atoms with Crippen LogP contribution in [0.25, 0.3) is 0 Å². The van der Waals surface area contributed by atoms with Crippen LogP contribution in [0.4, 0.5) is 0 Å². The van der Waals surface area contributed by atoms with E-state index in [0.717, 1.165) is 32.4 Å². The minimum atomic E-state index is -0.0187. The van der Waals surface area contributed by atoms with Crippen LogP contribution in [0.15, 0.2) is 24.3 Å². The van der Waals surface area contributed by atoms with E-state index < -0.39 is 0 Å². The Kier molecular flexibility index (Phi) is 5.63. The average Bonchev–Trinajstić information content (AvgIpc) is 2.52. The van der Waals surface area contributed by atoms with Crippen molar-refractivity contribution < 1.29 is 4.79 Å². The average molecular weight is 302 g/mol. The molecular formula is C19H30N2O. The second-order valence-corrected chi connectivity index (χ2v) is 7.16. The Morgan fingerprint density at radius 1 is 1.32 bits per heavy atom. The number of nitrogens with zero attached hydrogens (tertiary/aromatic N) is 1. The summed E-state index contributed by atoms with van der Waals surface area (Å²) in [6.07, 6.45) is 3.12. The summed E-state index contributed by atoms with van der Waals surface area (Å²) < 4.78 is 0. The van der Waals surface area contributed by atoms with E-state index in [-0.39, 0.29) is 17.4 Å². The number of fused-ring (bicyclic) bond motifs is 1. The summed E-state index contributed by atoms with van der Waals surface area (Å²) >= 11 is 0. The second-order valence-electron chi connectivity index (χ2n) is 7.16. The third-order valence-corrected chi connectivity index (χ3v) is 4.85. The maximum atomic E-state index is 12.1. The van der Waals surface area contributed by atoms with Crippen molar-refractivity contribution in [2.75, 3.05) is 13.1 Å².